The van der Waals surface area contributed by atoms with Crippen LogP contribution in [0.2, 0.25) is 0 Å². The van der Waals surface area contributed by atoms with Crippen molar-refractivity contribution in [2.45, 2.75) is 38.1 Å². The van der Waals surface area contributed by atoms with Crippen LogP contribution in [-0.4, -0.2) is 42.4 Å². The summed E-state index contributed by atoms with van der Waals surface area (Å²) in [7, 11) is 0. The van der Waals surface area contributed by atoms with Crippen molar-refractivity contribution in [2.24, 2.45) is 17.6 Å². The van der Waals surface area contributed by atoms with Crippen LogP contribution in [0.15, 0.2) is 24.3 Å². The minimum atomic E-state index is -0.310. The number of halogens is 1. The Bertz CT molecular complexity index is 616. The van der Waals surface area contributed by atoms with Crippen LogP contribution in [0, 0.1) is 17.7 Å². The number of likely N-dealkylation sites (tertiary alicyclic amines) is 1. The maximum Gasteiger partial charge on any atom is 0.227 e. The number of rotatable bonds is 6. The lowest BCUT2D eigenvalue weighted by Gasteiger charge is -2.32. The van der Waals surface area contributed by atoms with Gasteiger partial charge in [0.05, 0.1) is 12.3 Å². The topological polar surface area (TPSA) is 75.4 Å². The highest BCUT2D eigenvalue weighted by Crippen LogP contribution is 2.31. The fourth-order valence-electron chi connectivity index (χ4n) is 3.36. The first-order valence-corrected chi connectivity index (χ1v) is 9.08. The van der Waals surface area contributed by atoms with Crippen molar-refractivity contribution in [1.82, 2.24) is 10.2 Å². The summed E-state index contributed by atoms with van der Waals surface area (Å²) in [4.78, 5) is 26.6. The molecule has 2 atom stereocenters. The standard InChI is InChI=1S/C19H26FN3O2/c20-16-7-3-13(4-8-16)10-18(24)23-9-1-2-15(12-23)19(25)22-11-17(21)14-5-6-14/h3-4,7-8,14-15,17H,1-2,5-6,9-12,21H2,(H,22,25). The van der Waals surface area contributed by atoms with Crippen LogP contribution in [0.5, 0.6) is 0 Å². The molecule has 2 unspecified atom stereocenters. The number of nitrogens with one attached hydrogen (secondary N) is 1. The molecule has 1 aliphatic heterocycles. The summed E-state index contributed by atoms with van der Waals surface area (Å²) >= 11 is 0. The fourth-order valence-corrected chi connectivity index (χ4v) is 3.36. The molecule has 0 aromatic heterocycles. The summed E-state index contributed by atoms with van der Waals surface area (Å²) in [6.45, 7) is 1.64. The van der Waals surface area contributed by atoms with E-state index in [9.17, 15) is 14.0 Å². The summed E-state index contributed by atoms with van der Waals surface area (Å²) in [5, 5.41) is 2.95. The molecule has 5 nitrogen and oxygen atoms in total. The molecule has 0 bridgehead atoms. The van der Waals surface area contributed by atoms with Crippen molar-refractivity contribution in [3.63, 3.8) is 0 Å². The molecular formula is C19H26FN3O2. The number of hydrogen-bond donors (Lipinski definition) is 2. The summed E-state index contributed by atoms with van der Waals surface area (Å²) in [6.07, 6.45) is 4.17. The molecule has 2 amide bonds. The van der Waals surface area contributed by atoms with Gasteiger partial charge < -0.3 is 16.0 Å². The highest BCUT2D eigenvalue weighted by atomic mass is 19.1. The SMILES string of the molecule is NC(CNC(=O)C1CCCN(C(=O)Cc2ccc(F)cc2)C1)C1CC1. The van der Waals surface area contributed by atoms with Crippen molar-refractivity contribution in [2.75, 3.05) is 19.6 Å². The Balaban J connectivity index is 1.48. The molecule has 3 rings (SSSR count). The monoisotopic (exact) mass is 347 g/mol. The zero-order valence-electron chi connectivity index (χ0n) is 14.4. The van der Waals surface area contributed by atoms with E-state index >= 15 is 0 Å². The Morgan fingerprint density at radius 3 is 2.64 bits per heavy atom. The molecule has 25 heavy (non-hydrogen) atoms. The van der Waals surface area contributed by atoms with Crippen LogP contribution < -0.4 is 11.1 Å². The second-order valence-corrected chi connectivity index (χ2v) is 7.23. The smallest absolute Gasteiger partial charge is 0.227 e. The number of piperidine rings is 1. The number of carbonyl (C=O) groups is 2. The highest BCUT2D eigenvalue weighted by Gasteiger charge is 2.31. The Labute approximate surface area is 147 Å². The van der Waals surface area contributed by atoms with Gasteiger partial charge in [-0.05, 0) is 49.3 Å². The van der Waals surface area contributed by atoms with E-state index in [-0.39, 0.29) is 36.0 Å². The van der Waals surface area contributed by atoms with Crippen LogP contribution in [0.25, 0.3) is 0 Å². The summed E-state index contributed by atoms with van der Waals surface area (Å²) in [5.74, 6) is 0.0576. The molecule has 2 fully saturated rings. The van der Waals surface area contributed by atoms with Crippen molar-refractivity contribution in [3.05, 3.63) is 35.6 Å². The number of nitrogens with two attached hydrogens (primary N) is 1. The van der Waals surface area contributed by atoms with E-state index in [1.54, 1.807) is 17.0 Å². The molecule has 1 saturated carbocycles. The Kier molecular flexibility index (Phi) is 5.68. The number of carbonyl (C=O) groups excluding carboxylic acids is 2. The number of benzene rings is 1. The van der Waals surface area contributed by atoms with E-state index in [1.807, 2.05) is 0 Å². The lowest BCUT2D eigenvalue weighted by Crippen LogP contribution is -2.48. The zero-order chi connectivity index (χ0) is 17.8. The molecule has 1 aromatic carbocycles. The lowest BCUT2D eigenvalue weighted by atomic mass is 9.96. The van der Waals surface area contributed by atoms with Crippen molar-refractivity contribution in [3.8, 4) is 0 Å². The van der Waals surface area contributed by atoms with Crippen LogP contribution in [0.3, 0.4) is 0 Å². The first-order valence-electron chi connectivity index (χ1n) is 9.08. The first kappa shape index (κ1) is 17.9. The Morgan fingerprint density at radius 2 is 1.96 bits per heavy atom. The van der Waals surface area contributed by atoms with Crippen LogP contribution >= 0.6 is 0 Å². The quantitative estimate of drug-likeness (QED) is 0.818. The van der Waals surface area contributed by atoms with Gasteiger partial charge in [0.1, 0.15) is 5.82 Å². The third kappa shape index (κ3) is 5.01. The van der Waals surface area contributed by atoms with Crippen molar-refractivity contribution in [1.29, 1.82) is 0 Å². The maximum atomic E-state index is 13.0. The molecule has 1 heterocycles. The predicted molar refractivity (Wildman–Crippen MR) is 93.1 cm³/mol. The van der Waals surface area contributed by atoms with Gasteiger partial charge in [0.15, 0.2) is 0 Å². The van der Waals surface area contributed by atoms with E-state index in [2.05, 4.69) is 5.32 Å². The molecule has 2 aliphatic rings. The number of nitrogens with zero attached hydrogens (tertiary/aromatic N) is 1. The lowest BCUT2D eigenvalue weighted by molar-refractivity contribution is -0.135. The van der Waals surface area contributed by atoms with Crippen LogP contribution in [0.4, 0.5) is 4.39 Å². The zero-order valence-corrected chi connectivity index (χ0v) is 14.4. The molecular weight excluding hydrogens is 321 g/mol. The van der Waals surface area contributed by atoms with E-state index in [0.29, 0.717) is 25.6 Å². The van der Waals surface area contributed by atoms with Gasteiger partial charge in [-0.3, -0.25) is 9.59 Å². The van der Waals surface area contributed by atoms with E-state index < -0.39 is 0 Å². The molecule has 0 spiro atoms. The minimum Gasteiger partial charge on any atom is -0.354 e. The van der Waals surface area contributed by atoms with Gasteiger partial charge in [-0.15, -0.1) is 0 Å². The average Bonchev–Trinajstić information content (AvgIpc) is 3.46. The third-order valence-corrected chi connectivity index (χ3v) is 5.15. The van der Waals surface area contributed by atoms with Gasteiger partial charge in [-0.25, -0.2) is 4.39 Å². The maximum absolute atomic E-state index is 13.0. The molecule has 1 aromatic rings. The van der Waals surface area contributed by atoms with Crippen LogP contribution in [-0.2, 0) is 16.0 Å². The number of hydrogen-bond acceptors (Lipinski definition) is 3. The Hall–Kier alpha value is -1.95. The largest absolute Gasteiger partial charge is 0.354 e. The summed E-state index contributed by atoms with van der Waals surface area (Å²) in [5.41, 5.74) is 6.81. The summed E-state index contributed by atoms with van der Waals surface area (Å²) in [6, 6.07) is 6.02. The average molecular weight is 347 g/mol. The number of amides is 2. The molecule has 136 valence electrons. The minimum absolute atomic E-state index is 0.00428. The fraction of sp³-hybridized carbons (Fsp3) is 0.579. The first-order chi connectivity index (χ1) is 12.0. The molecule has 3 N–H and O–H groups in total. The van der Waals surface area contributed by atoms with Crippen molar-refractivity contribution >= 4 is 11.8 Å². The Morgan fingerprint density at radius 1 is 1.24 bits per heavy atom. The molecule has 1 aliphatic carbocycles. The molecule has 0 radical (unpaired) electrons. The van der Waals surface area contributed by atoms with Crippen molar-refractivity contribution < 1.29 is 14.0 Å². The van der Waals surface area contributed by atoms with E-state index in [0.717, 1.165) is 31.2 Å². The van der Waals surface area contributed by atoms with Gasteiger partial charge in [-0.1, -0.05) is 12.1 Å². The normalized spacial score (nSPS) is 21.7. The van der Waals surface area contributed by atoms with Gasteiger partial charge in [-0.2, -0.15) is 0 Å². The second-order valence-electron chi connectivity index (χ2n) is 7.23. The molecule has 1 saturated heterocycles. The second kappa shape index (κ2) is 7.95. The van der Waals surface area contributed by atoms with Gasteiger partial charge in [0, 0.05) is 25.7 Å². The van der Waals surface area contributed by atoms with Crippen LogP contribution in [0.1, 0.15) is 31.2 Å². The van der Waals surface area contributed by atoms with Gasteiger partial charge >= 0.3 is 0 Å². The van der Waals surface area contributed by atoms with Gasteiger partial charge in [0.2, 0.25) is 11.8 Å². The summed E-state index contributed by atoms with van der Waals surface area (Å²) < 4.78 is 13.0. The third-order valence-electron chi connectivity index (χ3n) is 5.15. The highest BCUT2D eigenvalue weighted by molar-refractivity contribution is 5.82. The predicted octanol–water partition coefficient (Wildman–Crippen LogP) is 1.46. The van der Waals surface area contributed by atoms with Gasteiger partial charge in [0.25, 0.3) is 0 Å². The molecule has 6 heteroatoms. The van der Waals surface area contributed by atoms with E-state index in [1.165, 1.54) is 12.1 Å². The van der Waals surface area contributed by atoms with E-state index in [4.69, 9.17) is 5.73 Å².